The first-order valence-corrected chi connectivity index (χ1v) is 16.8. The van der Waals surface area contributed by atoms with Gasteiger partial charge in [-0.05, 0) is 35.7 Å². The van der Waals surface area contributed by atoms with Gasteiger partial charge in [0.2, 0.25) is 11.8 Å². The number of carbonyl (C=O) groups is 2. The first-order valence-electron chi connectivity index (χ1n) is 15.4. The lowest BCUT2D eigenvalue weighted by Gasteiger charge is -2.28. The normalized spacial score (nSPS) is 17.0. The first kappa shape index (κ1) is 33.6. The summed E-state index contributed by atoms with van der Waals surface area (Å²) in [5, 5.41) is 5.74. The topological polar surface area (TPSA) is 135 Å². The third-order valence-corrected chi connectivity index (χ3v) is 9.70. The predicted molar refractivity (Wildman–Crippen MR) is 178 cm³/mol. The van der Waals surface area contributed by atoms with E-state index in [4.69, 9.17) is 9.47 Å². The molecule has 0 spiro atoms. The van der Waals surface area contributed by atoms with Gasteiger partial charge in [0.15, 0.2) is 11.5 Å². The van der Waals surface area contributed by atoms with E-state index in [1.807, 2.05) is 83.6 Å². The monoisotopic (exact) mass is 660 g/mol. The van der Waals surface area contributed by atoms with Crippen molar-refractivity contribution >= 4 is 22.0 Å². The third-order valence-electron chi connectivity index (χ3n) is 7.82. The zero-order valence-electron chi connectivity index (χ0n) is 26.5. The number of benzene rings is 3. The standard InChI is InChI=1S/C34H40N6O6S/c1-38(24-27-12-7-4-8-13-27)47(43,44)40-18-9-21-46-31-23-28(14-15-30(31)45-2)33-35-16-19-39(33)20-17-36-34(42)29(37-32(41)25-40)22-26-10-5-3-6-11-26/h3-8,10-16,19,23,29H,9,17-18,20-22,24-25H2,1-2H3,(H,36,42)(H,37,41)/t29-/m0/s1. The Balaban J connectivity index is 1.44. The van der Waals surface area contributed by atoms with E-state index >= 15 is 0 Å². The Morgan fingerprint density at radius 3 is 2.45 bits per heavy atom. The van der Waals surface area contributed by atoms with Gasteiger partial charge in [0.1, 0.15) is 11.9 Å². The van der Waals surface area contributed by atoms with E-state index in [0.29, 0.717) is 23.9 Å². The number of hydrogen-bond donors (Lipinski definition) is 2. The molecule has 0 aliphatic carbocycles. The molecule has 1 aromatic heterocycles. The van der Waals surface area contributed by atoms with Crippen LogP contribution in [0.3, 0.4) is 0 Å². The molecule has 248 valence electrons. The highest BCUT2D eigenvalue weighted by Gasteiger charge is 2.30. The zero-order valence-corrected chi connectivity index (χ0v) is 27.4. The Morgan fingerprint density at radius 2 is 1.72 bits per heavy atom. The maximum absolute atomic E-state index is 13.9. The molecule has 1 aliphatic rings. The maximum atomic E-state index is 13.9. The summed E-state index contributed by atoms with van der Waals surface area (Å²) in [5.74, 6) is 0.711. The second-order valence-electron chi connectivity index (χ2n) is 11.2. The van der Waals surface area contributed by atoms with Crippen molar-refractivity contribution in [3.63, 3.8) is 0 Å². The van der Waals surface area contributed by atoms with Gasteiger partial charge in [-0.2, -0.15) is 17.0 Å². The molecule has 0 radical (unpaired) electrons. The van der Waals surface area contributed by atoms with Crippen LogP contribution < -0.4 is 20.1 Å². The molecule has 47 heavy (non-hydrogen) atoms. The van der Waals surface area contributed by atoms with Gasteiger partial charge in [0.25, 0.3) is 10.2 Å². The summed E-state index contributed by atoms with van der Waals surface area (Å²) in [5.41, 5.74) is 2.45. The maximum Gasteiger partial charge on any atom is 0.282 e. The summed E-state index contributed by atoms with van der Waals surface area (Å²) in [6.07, 6.45) is 4.03. The predicted octanol–water partition coefficient (Wildman–Crippen LogP) is 2.86. The SMILES string of the molecule is COc1ccc2cc1OCCCN(S(=O)(=O)N(C)Cc1ccccc1)CC(=O)N[C@@H](Cc1ccccc1)C(=O)NCCn1ccnc1-2. The molecule has 12 nitrogen and oxygen atoms in total. The molecule has 0 unspecified atom stereocenters. The lowest BCUT2D eigenvalue weighted by Crippen LogP contribution is -2.53. The van der Waals surface area contributed by atoms with Crippen molar-refractivity contribution in [2.75, 3.05) is 40.4 Å². The van der Waals surface area contributed by atoms with E-state index in [1.54, 1.807) is 19.4 Å². The second-order valence-corrected chi connectivity index (χ2v) is 13.2. The quantitative estimate of drug-likeness (QED) is 0.311. The van der Waals surface area contributed by atoms with Crippen molar-refractivity contribution in [1.82, 2.24) is 28.8 Å². The summed E-state index contributed by atoms with van der Waals surface area (Å²) >= 11 is 0. The highest BCUT2D eigenvalue weighted by molar-refractivity contribution is 7.86. The van der Waals surface area contributed by atoms with Crippen molar-refractivity contribution in [1.29, 1.82) is 0 Å². The van der Waals surface area contributed by atoms with E-state index in [0.717, 1.165) is 21.0 Å². The van der Waals surface area contributed by atoms with Gasteiger partial charge in [-0.3, -0.25) is 9.59 Å². The molecular formula is C34H40N6O6S. The number of aromatic nitrogens is 2. The number of imidazole rings is 1. The summed E-state index contributed by atoms with van der Waals surface area (Å²) in [6, 6.07) is 23.1. The third kappa shape index (κ3) is 8.76. The van der Waals surface area contributed by atoms with Gasteiger partial charge in [-0.15, -0.1) is 0 Å². The number of fused-ring (bicyclic) bond motifs is 4. The number of hydrogen-bond acceptors (Lipinski definition) is 7. The number of methoxy groups -OCH3 is 1. The van der Waals surface area contributed by atoms with Crippen LogP contribution in [0.25, 0.3) is 11.4 Å². The molecule has 2 bridgehead atoms. The Hall–Kier alpha value is -4.72. The van der Waals surface area contributed by atoms with Crippen LogP contribution >= 0.6 is 0 Å². The summed E-state index contributed by atoms with van der Waals surface area (Å²) < 4.78 is 43.6. The number of nitrogens with one attached hydrogen (secondary N) is 2. The summed E-state index contributed by atoms with van der Waals surface area (Å²) in [6.45, 7) is 0.497. The van der Waals surface area contributed by atoms with Crippen molar-refractivity contribution in [3.05, 3.63) is 102 Å². The van der Waals surface area contributed by atoms with Crippen LogP contribution in [0.4, 0.5) is 0 Å². The molecule has 2 N–H and O–H groups in total. The van der Waals surface area contributed by atoms with E-state index in [9.17, 15) is 18.0 Å². The lowest BCUT2D eigenvalue weighted by atomic mass is 10.1. The molecule has 1 aliphatic heterocycles. The van der Waals surface area contributed by atoms with Crippen LogP contribution in [0.2, 0.25) is 0 Å². The fourth-order valence-corrected chi connectivity index (χ4v) is 6.73. The van der Waals surface area contributed by atoms with Crippen molar-refractivity contribution < 1.29 is 27.5 Å². The van der Waals surface area contributed by atoms with Gasteiger partial charge < -0.3 is 24.7 Å². The Morgan fingerprint density at radius 1 is 1.00 bits per heavy atom. The highest BCUT2D eigenvalue weighted by Crippen LogP contribution is 2.32. The fourth-order valence-electron chi connectivity index (χ4n) is 5.38. The average molecular weight is 661 g/mol. The molecule has 3 aromatic carbocycles. The molecule has 4 aromatic rings. The van der Waals surface area contributed by atoms with Crippen LogP contribution in [0, 0.1) is 0 Å². The molecule has 13 heteroatoms. The van der Waals surface area contributed by atoms with E-state index in [1.165, 1.54) is 11.4 Å². The van der Waals surface area contributed by atoms with E-state index in [2.05, 4.69) is 15.6 Å². The van der Waals surface area contributed by atoms with Crippen molar-refractivity contribution in [2.45, 2.75) is 32.0 Å². The molecule has 5 rings (SSSR count). The van der Waals surface area contributed by atoms with Crippen LogP contribution in [0.15, 0.2) is 91.3 Å². The smallest absolute Gasteiger partial charge is 0.282 e. The number of nitrogens with zero attached hydrogens (tertiary/aromatic N) is 4. The molecule has 0 saturated carbocycles. The number of ether oxygens (including phenoxy) is 2. The largest absolute Gasteiger partial charge is 0.493 e. The minimum atomic E-state index is -4.09. The Bertz CT molecular complexity index is 1750. The summed E-state index contributed by atoms with van der Waals surface area (Å²) in [4.78, 5) is 31.5. The lowest BCUT2D eigenvalue weighted by molar-refractivity contribution is -0.129. The minimum Gasteiger partial charge on any atom is -0.493 e. The minimum absolute atomic E-state index is 0.00313. The molecule has 1 atom stereocenters. The molecule has 2 amide bonds. The number of rotatable bonds is 7. The Kier molecular flexibility index (Phi) is 11.2. The number of carbonyl (C=O) groups excluding carboxylic acids is 2. The number of amides is 2. The van der Waals surface area contributed by atoms with Crippen LogP contribution in [-0.4, -0.2) is 84.8 Å². The highest BCUT2D eigenvalue weighted by atomic mass is 32.2. The van der Waals surface area contributed by atoms with Crippen molar-refractivity contribution in [3.8, 4) is 22.9 Å². The van der Waals surface area contributed by atoms with Gasteiger partial charge in [-0.1, -0.05) is 60.7 Å². The second kappa shape index (κ2) is 15.7. The molecular weight excluding hydrogens is 620 g/mol. The van der Waals surface area contributed by atoms with E-state index < -0.39 is 28.7 Å². The van der Waals surface area contributed by atoms with Gasteiger partial charge in [0.05, 0.1) is 20.3 Å². The average Bonchev–Trinajstić information content (AvgIpc) is 3.54. The van der Waals surface area contributed by atoms with Crippen molar-refractivity contribution in [2.24, 2.45) is 0 Å². The van der Waals surface area contributed by atoms with Crippen LogP contribution in [0.5, 0.6) is 11.5 Å². The molecule has 2 heterocycles. The van der Waals surface area contributed by atoms with Crippen LogP contribution in [-0.2, 0) is 39.3 Å². The molecule has 0 saturated heterocycles. The zero-order chi connectivity index (χ0) is 33.2. The summed E-state index contributed by atoms with van der Waals surface area (Å²) in [7, 11) is -1.07. The fraction of sp³-hybridized carbons (Fsp3) is 0.324. The molecule has 0 fully saturated rings. The van der Waals surface area contributed by atoms with E-state index in [-0.39, 0.29) is 45.0 Å². The Labute approximate surface area is 275 Å². The van der Waals surface area contributed by atoms with Gasteiger partial charge >= 0.3 is 0 Å². The first-order chi connectivity index (χ1) is 22.7. The van der Waals surface area contributed by atoms with Crippen LogP contribution in [0.1, 0.15) is 17.5 Å². The van der Waals surface area contributed by atoms with Gasteiger partial charge in [-0.25, -0.2) is 4.98 Å². The van der Waals surface area contributed by atoms with Gasteiger partial charge in [0, 0.05) is 57.6 Å².